The number of fused-ring (bicyclic) bond motifs is 2. The van der Waals surface area contributed by atoms with Crippen molar-refractivity contribution in [3.05, 3.63) is 58.3 Å². The van der Waals surface area contributed by atoms with Crippen LogP contribution in [0, 0.1) is 5.82 Å². The van der Waals surface area contributed by atoms with Crippen LogP contribution in [0.3, 0.4) is 0 Å². The van der Waals surface area contributed by atoms with Gasteiger partial charge in [0.25, 0.3) is 0 Å². The predicted octanol–water partition coefficient (Wildman–Crippen LogP) is 6.17. The number of hydrogen-bond acceptors (Lipinski definition) is 6. The van der Waals surface area contributed by atoms with Crippen LogP contribution in [-0.4, -0.2) is 66.8 Å². The number of likely N-dealkylation sites (tertiary alicyclic amines) is 1. The Bertz CT molecular complexity index is 1510. The highest BCUT2D eigenvalue weighted by atomic mass is 35.5. The molecule has 4 aromatic rings. The minimum Gasteiger partial charge on any atom is -0.462 e. The summed E-state index contributed by atoms with van der Waals surface area (Å²) in [6.45, 7) is 5.97. The summed E-state index contributed by atoms with van der Waals surface area (Å²) in [7, 11) is 2.10. The molecule has 0 spiro atoms. The molecule has 3 heterocycles. The van der Waals surface area contributed by atoms with E-state index in [0.29, 0.717) is 34.4 Å². The molecule has 0 bridgehead atoms. The zero-order valence-corrected chi connectivity index (χ0v) is 23.0. The van der Waals surface area contributed by atoms with Gasteiger partial charge in [0.15, 0.2) is 5.82 Å². The lowest BCUT2D eigenvalue weighted by Gasteiger charge is -2.35. The van der Waals surface area contributed by atoms with Crippen molar-refractivity contribution >= 4 is 50.7 Å². The van der Waals surface area contributed by atoms with Crippen molar-refractivity contribution in [3.8, 4) is 17.1 Å². The number of benzene rings is 3. The first kappa shape index (κ1) is 25.6. The van der Waals surface area contributed by atoms with Gasteiger partial charge >= 0.3 is 6.01 Å². The summed E-state index contributed by atoms with van der Waals surface area (Å²) in [5, 5.41) is 6.47. The molecule has 2 saturated heterocycles. The molecule has 0 unspecified atom stereocenters. The van der Waals surface area contributed by atoms with Gasteiger partial charge in [-0.3, -0.25) is 0 Å². The third-order valence-electron chi connectivity index (χ3n) is 7.82. The van der Waals surface area contributed by atoms with Crippen LogP contribution in [0.25, 0.3) is 32.8 Å². The standard InChI is InChI=1S/C29H30Cl2FN5O/c1-17-15-33-11-13-37(17)28-21-14-23(31)25(20-9-3-6-18-7-4-10-22(30)24(18)20)26(32)27(21)34-29(35-28)38-16-19-8-5-12-36(19)2/h3-4,6-7,9-10,14,17,19,33H,5,8,11-13,15-16H2,1-2H3/t17-,19-/m0/s1. The molecule has 0 saturated carbocycles. The monoisotopic (exact) mass is 553 g/mol. The third kappa shape index (κ3) is 4.56. The number of rotatable bonds is 5. The van der Waals surface area contributed by atoms with Crippen molar-refractivity contribution in [1.82, 2.24) is 20.2 Å². The SMILES string of the molecule is C[C@H]1CNCCN1c1nc(OC[C@@H]2CCCN2C)nc2c(F)c(-c3cccc4cccc(Cl)c34)c(Cl)cc12. The van der Waals surface area contributed by atoms with Gasteiger partial charge in [0.2, 0.25) is 0 Å². The molecule has 2 fully saturated rings. The number of hydrogen-bond donors (Lipinski definition) is 1. The van der Waals surface area contributed by atoms with E-state index in [4.69, 9.17) is 32.9 Å². The van der Waals surface area contributed by atoms with Crippen LogP contribution in [0.2, 0.25) is 10.0 Å². The van der Waals surface area contributed by atoms with Crippen molar-refractivity contribution in [2.24, 2.45) is 0 Å². The number of anilines is 1. The highest BCUT2D eigenvalue weighted by molar-refractivity contribution is 6.38. The number of likely N-dealkylation sites (N-methyl/N-ethyl adjacent to an activating group) is 1. The molecular weight excluding hydrogens is 524 g/mol. The summed E-state index contributed by atoms with van der Waals surface area (Å²) in [6, 6.07) is 13.7. The van der Waals surface area contributed by atoms with Gasteiger partial charge in [0.05, 0.1) is 5.02 Å². The van der Waals surface area contributed by atoms with Gasteiger partial charge < -0.3 is 19.9 Å². The molecule has 198 valence electrons. The van der Waals surface area contributed by atoms with Crippen molar-refractivity contribution in [2.45, 2.75) is 31.8 Å². The molecule has 0 amide bonds. The molecule has 6 rings (SSSR count). The maximum absolute atomic E-state index is 16.6. The van der Waals surface area contributed by atoms with Crippen molar-refractivity contribution in [3.63, 3.8) is 0 Å². The van der Waals surface area contributed by atoms with Crippen LogP contribution in [-0.2, 0) is 0 Å². The third-order valence-corrected chi connectivity index (χ3v) is 8.43. The molecule has 2 aliphatic rings. The van der Waals surface area contributed by atoms with E-state index in [-0.39, 0.29) is 28.2 Å². The van der Waals surface area contributed by atoms with Gasteiger partial charge in [-0.05, 0) is 56.4 Å². The van der Waals surface area contributed by atoms with E-state index in [0.717, 1.165) is 49.8 Å². The molecule has 38 heavy (non-hydrogen) atoms. The van der Waals surface area contributed by atoms with E-state index in [1.807, 2.05) is 30.3 Å². The van der Waals surface area contributed by atoms with Crippen molar-refractivity contribution in [2.75, 3.05) is 44.7 Å². The molecule has 1 N–H and O–H groups in total. The normalized spacial score (nSPS) is 20.5. The molecule has 3 aromatic carbocycles. The van der Waals surface area contributed by atoms with Crippen LogP contribution < -0.4 is 15.0 Å². The summed E-state index contributed by atoms with van der Waals surface area (Å²) in [6.07, 6.45) is 2.19. The number of ether oxygens (including phenoxy) is 1. The van der Waals surface area contributed by atoms with Gasteiger partial charge in [-0.1, -0.05) is 53.5 Å². The van der Waals surface area contributed by atoms with E-state index in [1.54, 1.807) is 12.1 Å². The lowest BCUT2D eigenvalue weighted by Crippen LogP contribution is -2.50. The molecule has 2 atom stereocenters. The Morgan fingerprint density at radius 1 is 1.11 bits per heavy atom. The lowest BCUT2D eigenvalue weighted by atomic mass is 9.96. The second kappa shape index (κ2) is 10.5. The maximum atomic E-state index is 16.6. The van der Waals surface area contributed by atoms with Crippen LogP contribution in [0.5, 0.6) is 6.01 Å². The lowest BCUT2D eigenvalue weighted by molar-refractivity contribution is 0.188. The molecule has 1 aromatic heterocycles. The summed E-state index contributed by atoms with van der Waals surface area (Å²) in [5.74, 6) is 0.135. The second-order valence-electron chi connectivity index (χ2n) is 10.3. The number of aromatic nitrogens is 2. The molecular formula is C29H30Cl2FN5O. The van der Waals surface area contributed by atoms with E-state index in [1.165, 1.54) is 0 Å². The van der Waals surface area contributed by atoms with Gasteiger partial charge in [0, 0.05) is 53.1 Å². The smallest absolute Gasteiger partial charge is 0.319 e. The zero-order valence-electron chi connectivity index (χ0n) is 21.5. The molecule has 0 radical (unpaired) electrons. The predicted molar refractivity (Wildman–Crippen MR) is 153 cm³/mol. The van der Waals surface area contributed by atoms with Gasteiger partial charge in [0.1, 0.15) is 17.9 Å². The fraction of sp³-hybridized carbons (Fsp3) is 0.379. The Hall–Kier alpha value is -2.71. The molecule has 6 nitrogen and oxygen atoms in total. The minimum atomic E-state index is -0.505. The largest absolute Gasteiger partial charge is 0.462 e. The van der Waals surface area contributed by atoms with Crippen LogP contribution in [0.15, 0.2) is 42.5 Å². The highest BCUT2D eigenvalue weighted by Crippen LogP contribution is 2.42. The highest BCUT2D eigenvalue weighted by Gasteiger charge is 2.28. The number of nitrogens with one attached hydrogen (secondary N) is 1. The fourth-order valence-corrected chi connectivity index (χ4v) is 6.29. The van der Waals surface area contributed by atoms with Crippen molar-refractivity contribution < 1.29 is 9.13 Å². The van der Waals surface area contributed by atoms with Gasteiger partial charge in [-0.25, -0.2) is 4.39 Å². The minimum absolute atomic E-state index is 0.161. The summed E-state index contributed by atoms with van der Waals surface area (Å²) >= 11 is 13.4. The maximum Gasteiger partial charge on any atom is 0.319 e. The zero-order chi connectivity index (χ0) is 26.4. The molecule has 9 heteroatoms. The Labute approximate surface area is 231 Å². The second-order valence-corrected chi connectivity index (χ2v) is 11.1. The summed E-state index contributed by atoms with van der Waals surface area (Å²) < 4.78 is 22.7. The topological polar surface area (TPSA) is 53.5 Å². The Morgan fingerprint density at radius 2 is 1.92 bits per heavy atom. The van der Waals surface area contributed by atoms with Gasteiger partial charge in [-0.2, -0.15) is 9.97 Å². The average Bonchev–Trinajstić information content (AvgIpc) is 3.32. The number of piperazine rings is 1. The quantitative estimate of drug-likeness (QED) is 0.319. The van der Waals surface area contributed by atoms with E-state index >= 15 is 4.39 Å². The van der Waals surface area contributed by atoms with Crippen LogP contribution in [0.4, 0.5) is 10.2 Å². The average molecular weight is 554 g/mol. The first-order chi connectivity index (χ1) is 18.4. The first-order valence-corrected chi connectivity index (χ1v) is 13.9. The van der Waals surface area contributed by atoms with Crippen LogP contribution >= 0.6 is 23.2 Å². The number of halogens is 3. The molecule has 0 aliphatic carbocycles. The number of nitrogens with zero attached hydrogens (tertiary/aromatic N) is 4. The summed E-state index contributed by atoms with van der Waals surface area (Å²) in [5.41, 5.74) is 1.10. The van der Waals surface area contributed by atoms with Crippen molar-refractivity contribution in [1.29, 1.82) is 0 Å². The van der Waals surface area contributed by atoms with Crippen LogP contribution in [0.1, 0.15) is 19.8 Å². The Balaban J connectivity index is 1.53. The Kier molecular flexibility index (Phi) is 7.03. The fourth-order valence-electron chi connectivity index (χ4n) is 5.71. The van der Waals surface area contributed by atoms with E-state index < -0.39 is 5.82 Å². The summed E-state index contributed by atoms with van der Waals surface area (Å²) in [4.78, 5) is 13.9. The van der Waals surface area contributed by atoms with E-state index in [2.05, 4.69) is 34.1 Å². The first-order valence-electron chi connectivity index (χ1n) is 13.1. The van der Waals surface area contributed by atoms with E-state index in [9.17, 15) is 0 Å². The Morgan fingerprint density at radius 3 is 2.68 bits per heavy atom. The molecule has 2 aliphatic heterocycles. The van der Waals surface area contributed by atoms with Gasteiger partial charge in [-0.15, -0.1) is 0 Å².